The smallest absolute Gasteiger partial charge is 0.326 e. The van der Waals surface area contributed by atoms with Crippen LogP contribution in [0.25, 0.3) is 0 Å². The fourth-order valence-corrected chi connectivity index (χ4v) is 3.79. The lowest BCUT2D eigenvalue weighted by Gasteiger charge is -2.30. The number of aliphatic hydroxyl groups excluding tert-OH is 1. The summed E-state index contributed by atoms with van der Waals surface area (Å²) in [4.78, 5) is 51.6. The van der Waals surface area contributed by atoms with E-state index in [-0.39, 0.29) is 31.9 Å². The SMILES string of the molecule is C[C@@H](O)[C@H](N)C(=O)NC(CCCCN)C(=O)N1CCC[C@H]1C(=O)N[C@@H](CCCNC(=N)N)C(=O)O. The van der Waals surface area contributed by atoms with Gasteiger partial charge >= 0.3 is 5.97 Å². The maximum Gasteiger partial charge on any atom is 0.326 e. The summed E-state index contributed by atoms with van der Waals surface area (Å²) >= 11 is 0. The summed E-state index contributed by atoms with van der Waals surface area (Å²) in [5, 5.41) is 33.8. The van der Waals surface area contributed by atoms with Gasteiger partial charge in [0.1, 0.15) is 24.2 Å². The topological polar surface area (TPSA) is 250 Å². The van der Waals surface area contributed by atoms with Crippen LogP contribution in [0.15, 0.2) is 0 Å². The molecule has 0 aromatic rings. The quantitative estimate of drug-likeness (QED) is 0.0631. The van der Waals surface area contributed by atoms with Gasteiger partial charge in [-0.1, -0.05) is 0 Å². The number of unbranched alkanes of at least 4 members (excludes halogenated alkanes) is 1. The molecule has 14 nitrogen and oxygen atoms in total. The van der Waals surface area contributed by atoms with Gasteiger partial charge < -0.3 is 48.3 Å². The van der Waals surface area contributed by atoms with E-state index in [2.05, 4.69) is 16.0 Å². The number of rotatable bonds is 15. The number of aliphatic hydroxyl groups is 1. The molecule has 0 bridgehead atoms. The lowest BCUT2D eigenvalue weighted by molar-refractivity contribution is -0.145. The normalized spacial score (nSPS) is 18.7. The Kier molecular flexibility index (Phi) is 13.0. The van der Waals surface area contributed by atoms with Crippen LogP contribution in [0.2, 0.25) is 0 Å². The lowest BCUT2D eigenvalue weighted by Crippen LogP contribution is -2.57. The Morgan fingerprint density at radius 3 is 2.34 bits per heavy atom. The number of nitrogens with zero attached hydrogens (tertiary/aromatic N) is 1. The monoisotopic (exact) mass is 500 g/mol. The van der Waals surface area contributed by atoms with Crippen LogP contribution in [-0.4, -0.2) is 94.7 Å². The minimum Gasteiger partial charge on any atom is -0.480 e. The van der Waals surface area contributed by atoms with Crippen LogP contribution in [0.5, 0.6) is 0 Å². The molecular weight excluding hydrogens is 460 g/mol. The molecule has 3 amide bonds. The number of carboxylic acid groups (broad SMARTS) is 1. The molecule has 0 saturated carbocycles. The molecule has 1 unspecified atom stereocenters. The number of guanidine groups is 1. The highest BCUT2D eigenvalue weighted by atomic mass is 16.4. The Labute approximate surface area is 204 Å². The Morgan fingerprint density at radius 2 is 1.77 bits per heavy atom. The maximum atomic E-state index is 13.3. The second kappa shape index (κ2) is 15.1. The number of carbonyl (C=O) groups excluding carboxylic acids is 3. The zero-order chi connectivity index (χ0) is 26.5. The summed E-state index contributed by atoms with van der Waals surface area (Å²) in [7, 11) is 0. The van der Waals surface area contributed by atoms with Crippen LogP contribution in [0.1, 0.15) is 51.9 Å². The van der Waals surface area contributed by atoms with Gasteiger partial charge in [0.05, 0.1) is 6.10 Å². The molecule has 1 fully saturated rings. The van der Waals surface area contributed by atoms with Crippen molar-refractivity contribution < 1.29 is 29.4 Å². The molecule has 200 valence electrons. The fourth-order valence-electron chi connectivity index (χ4n) is 3.79. The lowest BCUT2D eigenvalue weighted by atomic mass is 10.1. The van der Waals surface area contributed by atoms with Gasteiger partial charge in [0, 0.05) is 13.1 Å². The molecule has 0 aliphatic carbocycles. The predicted molar refractivity (Wildman–Crippen MR) is 128 cm³/mol. The van der Waals surface area contributed by atoms with E-state index in [0.717, 1.165) is 0 Å². The average Bonchev–Trinajstić information content (AvgIpc) is 3.29. The second-order valence-corrected chi connectivity index (χ2v) is 8.68. The van der Waals surface area contributed by atoms with Crippen LogP contribution in [0, 0.1) is 5.41 Å². The number of hydrogen-bond donors (Lipinski definition) is 9. The Hall–Kier alpha value is -2.97. The molecule has 1 aliphatic rings. The molecule has 0 radical (unpaired) electrons. The number of amides is 3. The summed E-state index contributed by atoms with van der Waals surface area (Å²) in [6, 6.07) is -4.22. The zero-order valence-electron chi connectivity index (χ0n) is 20.2. The van der Waals surface area contributed by atoms with Crippen molar-refractivity contribution >= 4 is 29.7 Å². The number of likely N-dealkylation sites (tertiary alicyclic amines) is 1. The zero-order valence-corrected chi connectivity index (χ0v) is 20.2. The van der Waals surface area contributed by atoms with Crippen molar-refractivity contribution in [3.63, 3.8) is 0 Å². The van der Waals surface area contributed by atoms with Gasteiger partial charge in [0.2, 0.25) is 17.7 Å². The van der Waals surface area contributed by atoms with Crippen molar-refractivity contribution in [2.75, 3.05) is 19.6 Å². The molecule has 1 rings (SSSR count). The third kappa shape index (κ3) is 10.0. The standard InChI is InChI=1S/C21H40N8O6/c1-12(30)16(23)18(32)27-13(6-2-3-9-22)19(33)29-11-5-8-15(29)17(31)28-14(20(34)35)7-4-10-26-21(24)25/h12-16,30H,2-11,22-23H2,1H3,(H,27,32)(H,28,31)(H,34,35)(H4,24,25,26)/t12-,13?,14+,15+,16+/m1/s1. The van der Waals surface area contributed by atoms with Gasteiger partial charge in [-0.2, -0.15) is 0 Å². The summed E-state index contributed by atoms with van der Waals surface area (Å²) in [6.07, 6.45) is 1.70. The van der Waals surface area contributed by atoms with Crippen molar-refractivity contribution in [2.45, 2.75) is 82.1 Å². The molecule has 14 heteroatoms. The Bertz CT molecular complexity index is 749. The van der Waals surface area contributed by atoms with Gasteiger partial charge in [-0.3, -0.25) is 19.8 Å². The van der Waals surface area contributed by atoms with E-state index in [1.165, 1.54) is 11.8 Å². The Balaban J connectivity index is 2.88. The van der Waals surface area contributed by atoms with Crippen molar-refractivity contribution in [1.82, 2.24) is 20.9 Å². The largest absolute Gasteiger partial charge is 0.480 e. The molecule has 0 aromatic heterocycles. The number of carbonyl (C=O) groups is 4. The predicted octanol–water partition coefficient (Wildman–Crippen LogP) is -2.87. The number of aliphatic carboxylic acids is 1. The molecule has 35 heavy (non-hydrogen) atoms. The van der Waals surface area contributed by atoms with Gasteiger partial charge in [0.25, 0.3) is 0 Å². The summed E-state index contributed by atoms with van der Waals surface area (Å²) < 4.78 is 0. The van der Waals surface area contributed by atoms with Gasteiger partial charge in [-0.15, -0.1) is 0 Å². The van der Waals surface area contributed by atoms with Crippen LogP contribution in [-0.2, 0) is 19.2 Å². The van der Waals surface area contributed by atoms with E-state index in [1.807, 2.05) is 0 Å². The summed E-state index contributed by atoms with van der Waals surface area (Å²) in [5.41, 5.74) is 16.4. The van der Waals surface area contributed by atoms with Crippen LogP contribution < -0.4 is 33.2 Å². The van der Waals surface area contributed by atoms with E-state index in [9.17, 15) is 29.4 Å². The molecular formula is C21H40N8O6. The van der Waals surface area contributed by atoms with Crippen molar-refractivity contribution in [2.24, 2.45) is 17.2 Å². The van der Waals surface area contributed by atoms with E-state index < -0.39 is 54.0 Å². The van der Waals surface area contributed by atoms with Gasteiger partial charge in [-0.05, 0) is 58.4 Å². The third-order valence-electron chi connectivity index (χ3n) is 5.82. The highest BCUT2D eigenvalue weighted by Crippen LogP contribution is 2.20. The highest BCUT2D eigenvalue weighted by molar-refractivity contribution is 5.94. The van der Waals surface area contributed by atoms with E-state index in [0.29, 0.717) is 38.6 Å². The van der Waals surface area contributed by atoms with Crippen molar-refractivity contribution in [1.29, 1.82) is 5.41 Å². The van der Waals surface area contributed by atoms with Crippen LogP contribution >= 0.6 is 0 Å². The molecule has 1 saturated heterocycles. The number of carboxylic acids is 1. The molecule has 0 spiro atoms. The van der Waals surface area contributed by atoms with Gasteiger partial charge in [-0.25, -0.2) is 4.79 Å². The molecule has 5 atom stereocenters. The van der Waals surface area contributed by atoms with Crippen molar-refractivity contribution in [3.05, 3.63) is 0 Å². The Morgan fingerprint density at radius 1 is 1.11 bits per heavy atom. The average molecular weight is 501 g/mol. The second-order valence-electron chi connectivity index (χ2n) is 8.68. The first kappa shape index (κ1) is 30.1. The summed E-state index contributed by atoms with van der Waals surface area (Å²) in [5.74, 6) is -3.19. The minimum atomic E-state index is -1.22. The number of hydrogen-bond acceptors (Lipinski definition) is 8. The highest BCUT2D eigenvalue weighted by Gasteiger charge is 2.39. The van der Waals surface area contributed by atoms with Crippen molar-refractivity contribution in [3.8, 4) is 0 Å². The first-order valence-electron chi connectivity index (χ1n) is 11.8. The molecule has 1 heterocycles. The van der Waals surface area contributed by atoms with E-state index in [1.54, 1.807) is 0 Å². The van der Waals surface area contributed by atoms with E-state index in [4.69, 9.17) is 22.6 Å². The molecule has 0 aromatic carbocycles. The first-order valence-corrected chi connectivity index (χ1v) is 11.8. The number of nitrogens with two attached hydrogens (primary N) is 3. The minimum absolute atomic E-state index is 0.108. The summed E-state index contributed by atoms with van der Waals surface area (Å²) in [6.45, 7) is 2.34. The van der Waals surface area contributed by atoms with Gasteiger partial charge in [0.15, 0.2) is 5.96 Å². The van der Waals surface area contributed by atoms with E-state index >= 15 is 0 Å². The molecule has 12 N–H and O–H groups in total. The van der Waals surface area contributed by atoms with Crippen LogP contribution in [0.3, 0.4) is 0 Å². The molecule has 1 aliphatic heterocycles. The number of nitrogens with one attached hydrogen (secondary N) is 4. The first-order chi connectivity index (χ1) is 16.5. The third-order valence-corrected chi connectivity index (χ3v) is 5.82. The fraction of sp³-hybridized carbons (Fsp3) is 0.762. The van der Waals surface area contributed by atoms with Crippen LogP contribution in [0.4, 0.5) is 0 Å². The maximum absolute atomic E-state index is 13.3.